The van der Waals surface area contributed by atoms with Crippen LogP contribution in [-0.4, -0.2) is 4.57 Å². The highest BCUT2D eigenvalue weighted by molar-refractivity contribution is 7.25. The molecule has 0 spiro atoms. The lowest BCUT2D eigenvalue weighted by Crippen LogP contribution is -2.15. The van der Waals surface area contributed by atoms with Gasteiger partial charge in [-0.2, -0.15) is 0 Å². The molecule has 3 heterocycles. The van der Waals surface area contributed by atoms with Crippen LogP contribution >= 0.6 is 11.3 Å². The molecule has 0 saturated carbocycles. The quantitative estimate of drug-likeness (QED) is 0.166. The molecule has 0 unspecified atom stereocenters. The van der Waals surface area contributed by atoms with Crippen LogP contribution in [0.1, 0.15) is 25.0 Å². The monoisotopic (exact) mass is 874 g/mol. The van der Waals surface area contributed by atoms with Gasteiger partial charge in [0, 0.05) is 81.5 Å². The van der Waals surface area contributed by atoms with Gasteiger partial charge in [0.1, 0.15) is 11.2 Å². The van der Waals surface area contributed by atoms with E-state index in [2.05, 4.69) is 236 Å². The Bertz CT molecular complexity index is 4130. The van der Waals surface area contributed by atoms with Crippen molar-refractivity contribution in [3.63, 3.8) is 0 Å². The van der Waals surface area contributed by atoms with Crippen LogP contribution in [0.15, 0.2) is 223 Å². The summed E-state index contributed by atoms with van der Waals surface area (Å²) >= 11 is 1.86. The number of hydrogen-bond donors (Lipinski definition) is 0. The van der Waals surface area contributed by atoms with E-state index in [0.717, 1.165) is 55.7 Å². The minimum atomic E-state index is -0.0944. The second-order valence-corrected chi connectivity index (χ2v) is 19.6. The van der Waals surface area contributed by atoms with Crippen LogP contribution in [0.25, 0.3) is 103 Å². The van der Waals surface area contributed by atoms with Crippen LogP contribution in [0.4, 0.5) is 17.1 Å². The first-order chi connectivity index (χ1) is 33.0. The number of aromatic nitrogens is 1. The molecule has 4 heteroatoms. The van der Waals surface area contributed by atoms with Gasteiger partial charge >= 0.3 is 0 Å². The predicted octanol–water partition coefficient (Wildman–Crippen LogP) is 18.2. The molecule has 0 atom stereocenters. The standard InChI is InChI=1S/C63H42N2OS/c1-63(2)55-22-12-9-19-46(55)51-35-42(26-30-56(51)63)64(44-28-32-61-53(37-44)49-21-11-14-24-60(49)67-61)43-27-31-57-52(36-43)54-34-41(39-15-5-3-6-16-39)33-50(40-17-7-4-8-18-40)62(54)65(57)45-25-29-48-47-20-10-13-23-58(47)66-59(48)38-45/h3-38H,1-2H3. The number of fused-ring (bicyclic) bond motifs is 12. The fourth-order valence-electron chi connectivity index (χ4n) is 11.2. The maximum absolute atomic E-state index is 6.55. The number of furan rings is 1. The van der Waals surface area contributed by atoms with Gasteiger partial charge in [0.25, 0.3) is 0 Å². The normalized spacial score (nSPS) is 13.0. The van der Waals surface area contributed by atoms with E-state index in [1.807, 2.05) is 17.4 Å². The number of anilines is 3. The van der Waals surface area contributed by atoms with Crippen molar-refractivity contribution in [2.45, 2.75) is 19.3 Å². The molecule has 0 N–H and O–H groups in total. The molecule has 0 bridgehead atoms. The summed E-state index contributed by atoms with van der Waals surface area (Å²) in [6.07, 6.45) is 0. The molecule has 14 rings (SSSR count). The molecule has 10 aromatic carbocycles. The van der Waals surface area contributed by atoms with Crippen molar-refractivity contribution in [2.75, 3.05) is 4.90 Å². The molecule has 0 amide bonds. The summed E-state index contributed by atoms with van der Waals surface area (Å²) in [6, 6.07) is 80.4. The lowest BCUT2D eigenvalue weighted by Gasteiger charge is -2.27. The Balaban J connectivity index is 1.07. The minimum Gasteiger partial charge on any atom is -0.456 e. The summed E-state index contributed by atoms with van der Waals surface area (Å²) < 4.78 is 11.6. The molecule has 0 aliphatic heterocycles. The van der Waals surface area contributed by atoms with E-state index >= 15 is 0 Å². The van der Waals surface area contributed by atoms with Gasteiger partial charge in [-0.1, -0.05) is 141 Å². The predicted molar refractivity (Wildman–Crippen MR) is 284 cm³/mol. The van der Waals surface area contributed by atoms with Gasteiger partial charge in [-0.3, -0.25) is 0 Å². The molecule has 0 radical (unpaired) electrons. The topological polar surface area (TPSA) is 21.3 Å². The third-order valence-corrected chi connectivity index (χ3v) is 15.5. The van der Waals surface area contributed by atoms with Crippen molar-refractivity contribution in [1.29, 1.82) is 0 Å². The van der Waals surface area contributed by atoms with E-state index in [1.165, 1.54) is 75.5 Å². The van der Waals surface area contributed by atoms with Crippen LogP contribution < -0.4 is 4.90 Å². The highest BCUT2D eigenvalue weighted by atomic mass is 32.1. The molecule has 13 aromatic rings. The molecule has 1 aliphatic rings. The van der Waals surface area contributed by atoms with E-state index in [1.54, 1.807) is 0 Å². The fourth-order valence-corrected chi connectivity index (χ4v) is 12.3. The second-order valence-electron chi connectivity index (χ2n) is 18.5. The molecular formula is C63H42N2OS. The van der Waals surface area contributed by atoms with Crippen molar-refractivity contribution in [3.8, 4) is 39.1 Å². The number of hydrogen-bond acceptors (Lipinski definition) is 3. The Morgan fingerprint density at radius 2 is 1.04 bits per heavy atom. The SMILES string of the molecule is CC1(C)c2ccccc2-c2cc(N(c3ccc4sc5ccccc5c4c3)c3ccc4c(c3)c3cc(-c5ccccc5)cc(-c5ccccc5)c3n4-c3ccc4c(c3)oc3ccccc34)ccc21. The van der Waals surface area contributed by atoms with Gasteiger partial charge in [-0.25, -0.2) is 0 Å². The Hall–Kier alpha value is -8.18. The minimum absolute atomic E-state index is 0.0944. The van der Waals surface area contributed by atoms with Crippen LogP contribution in [0.5, 0.6) is 0 Å². The number of benzene rings is 10. The molecule has 0 fully saturated rings. The zero-order valence-corrected chi connectivity index (χ0v) is 37.8. The number of nitrogens with zero attached hydrogens (tertiary/aromatic N) is 2. The van der Waals surface area contributed by atoms with Crippen molar-refractivity contribution < 1.29 is 4.42 Å². The molecule has 316 valence electrons. The largest absolute Gasteiger partial charge is 0.456 e. The van der Waals surface area contributed by atoms with Crippen LogP contribution in [0.3, 0.4) is 0 Å². The maximum atomic E-state index is 6.55. The van der Waals surface area contributed by atoms with Crippen LogP contribution in [0, 0.1) is 0 Å². The third-order valence-electron chi connectivity index (χ3n) is 14.4. The zero-order valence-electron chi connectivity index (χ0n) is 37.0. The first kappa shape index (κ1) is 38.1. The van der Waals surface area contributed by atoms with Gasteiger partial charge in [-0.05, 0) is 124 Å². The van der Waals surface area contributed by atoms with Crippen LogP contribution in [0.2, 0.25) is 0 Å². The van der Waals surface area contributed by atoms with E-state index in [0.29, 0.717) is 0 Å². The third kappa shape index (κ3) is 5.76. The molecule has 1 aliphatic carbocycles. The highest BCUT2D eigenvalue weighted by Crippen LogP contribution is 2.52. The summed E-state index contributed by atoms with van der Waals surface area (Å²) in [7, 11) is 0. The van der Waals surface area contributed by atoms with Gasteiger partial charge in [-0.15, -0.1) is 11.3 Å². The molecule has 3 nitrogen and oxygen atoms in total. The lowest BCUT2D eigenvalue weighted by atomic mass is 9.82. The van der Waals surface area contributed by atoms with E-state index in [-0.39, 0.29) is 5.41 Å². The number of para-hydroxylation sites is 1. The van der Waals surface area contributed by atoms with Crippen molar-refractivity contribution in [1.82, 2.24) is 4.57 Å². The zero-order chi connectivity index (χ0) is 44.4. The summed E-state index contributed by atoms with van der Waals surface area (Å²) in [4.78, 5) is 2.47. The molecule has 67 heavy (non-hydrogen) atoms. The molecule has 0 saturated heterocycles. The maximum Gasteiger partial charge on any atom is 0.137 e. The average Bonchev–Trinajstić information content (AvgIpc) is 4.10. The van der Waals surface area contributed by atoms with Gasteiger partial charge in [0.15, 0.2) is 0 Å². The first-order valence-corrected chi connectivity index (χ1v) is 23.9. The molecule has 3 aromatic heterocycles. The van der Waals surface area contributed by atoms with Crippen molar-refractivity contribution in [3.05, 3.63) is 230 Å². The highest BCUT2D eigenvalue weighted by Gasteiger charge is 2.35. The van der Waals surface area contributed by atoms with Crippen molar-refractivity contribution >= 4 is 92.3 Å². The van der Waals surface area contributed by atoms with E-state index in [4.69, 9.17) is 4.42 Å². The lowest BCUT2D eigenvalue weighted by molar-refractivity contribution is 0.660. The Morgan fingerprint density at radius 3 is 1.90 bits per heavy atom. The van der Waals surface area contributed by atoms with E-state index in [9.17, 15) is 0 Å². The second kappa shape index (κ2) is 14.4. The summed E-state index contributed by atoms with van der Waals surface area (Å²) in [5.41, 5.74) is 18.4. The summed E-state index contributed by atoms with van der Waals surface area (Å²) in [5, 5.41) is 7.16. The van der Waals surface area contributed by atoms with E-state index < -0.39 is 0 Å². The summed E-state index contributed by atoms with van der Waals surface area (Å²) in [6.45, 7) is 4.71. The Morgan fingerprint density at radius 1 is 0.403 bits per heavy atom. The van der Waals surface area contributed by atoms with Gasteiger partial charge in [0.2, 0.25) is 0 Å². The van der Waals surface area contributed by atoms with Gasteiger partial charge in [0.05, 0.1) is 11.0 Å². The molecular weight excluding hydrogens is 833 g/mol. The average molecular weight is 875 g/mol. The first-order valence-electron chi connectivity index (χ1n) is 23.1. The van der Waals surface area contributed by atoms with Gasteiger partial charge < -0.3 is 13.9 Å². The number of rotatable bonds is 6. The Labute approximate surface area is 392 Å². The summed E-state index contributed by atoms with van der Waals surface area (Å²) in [5.74, 6) is 0. The number of thiophene rings is 1. The Kier molecular flexibility index (Phi) is 8.20. The smallest absolute Gasteiger partial charge is 0.137 e. The van der Waals surface area contributed by atoms with Crippen molar-refractivity contribution in [2.24, 2.45) is 0 Å². The van der Waals surface area contributed by atoms with Crippen LogP contribution in [-0.2, 0) is 5.41 Å². The fraction of sp³-hybridized carbons (Fsp3) is 0.0476.